The molecule has 0 radical (unpaired) electrons. The molecule has 0 saturated carbocycles. The zero-order valence-electron chi connectivity index (χ0n) is 30.7. The van der Waals surface area contributed by atoms with Gasteiger partial charge in [0.2, 0.25) is 11.8 Å². The lowest BCUT2D eigenvalue weighted by atomic mass is 10.0. The van der Waals surface area contributed by atoms with Crippen LogP contribution in [0.2, 0.25) is 0 Å². The standard InChI is InChI=1S/C39H46N8O6/c1-6-29(44-38(50)52-4)36(48)46-17-7-10-32(46)35-41-22-30(43-35)27-15-14-25-19-24(11-13-26(25)20-27)12-16-28-21-40-34(42-28)31-9-8-18-47(31)37(49)33(23(2)3)45-39(51)53-5/h11,13-15,19-23,29,31-33H,6-10,17-18H2,1-5H3,(H,40,42)(H,41,43)(H,44,50)(H,45,51). The van der Waals surface area contributed by atoms with Gasteiger partial charge in [0.05, 0.1) is 44.4 Å². The van der Waals surface area contributed by atoms with E-state index in [9.17, 15) is 19.2 Å². The average molecular weight is 723 g/mol. The van der Waals surface area contributed by atoms with E-state index in [1.807, 2.05) is 51.1 Å². The Kier molecular flexibility index (Phi) is 11.3. The monoisotopic (exact) mass is 722 g/mol. The number of ether oxygens (including phenoxy) is 2. The van der Waals surface area contributed by atoms with Gasteiger partial charge >= 0.3 is 12.2 Å². The van der Waals surface area contributed by atoms with Gasteiger partial charge in [0, 0.05) is 24.2 Å². The number of likely N-dealkylation sites (tertiary alicyclic amines) is 2. The summed E-state index contributed by atoms with van der Waals surface area (Å²) in [5.74, 6) is 7.38. The first-order valence-corrected chi connectivity index (χ1v) is 18.1. The predicted octanol–water partition coefficient (Wildman–Crippen LogP) is 5.20. The Morgan fingerprint density at radius 2 is 1.45 bits per heavy atom. The molecule has 2 aliphatic rings. The number of nitrogens with zero attached hydrogens (tertiary/aromatic N) is 4. The van der Waals surface area contributed by atoms with Crippen molar-refractivity contribution in [2.45, 2.75) is 77.0 Å². The van der Waals surface area contributed by atoms with E-state index < -0.39 is 24.3 Å². The third-order valence-corrected chi connectivity index (χ3v) is 9.96. The molecule has 2 aromatic heterocycles. The van der Waals surface area contributed by atoms with Gasteiger partial charge in [-0.05, 0) is 72.9 Å². The predicted molar refractivity (Wildman–Crippen MR) is 197 cm³/mol. The van der Waals surface area contributed by atoms with E-state index in [-0.39, 0.29) is 29.8 Å². The first-order valence-electron chi connectivity index (χ1n) is 18.1. The molecule has 0 bridgehead atoms. The third kappa shape index (κ3) is 8.14. The second-order valence-electron chi connectivity index (χ2n) is 13.7. The number of carbonyl (C=O) groups excluding carboxylic acids is 4. The smallest absolute Gasteiger partial charge is 0.407 e. The molecule has 278 valence electrons. The molecule has 2 saturated heterocycles. The normalized spacial score (nSPS) is 18.0. The Morgan fingerprint density at radius 1 is 0.830 bits per heavy atom. The second-order valence-corrected chi connectivity index (χ2v) is 13.7. The first-order chi connectivity index (χ1) is 25.6. The van der Waals surface area contributed by atoms with E-state index >= 15 is 0 Å². The van der Waals surface area contributed by atoms with Crippen molar-refractivity contribution in [3.05, 3.63) is 71.7 Å². The minimum absolute atomic E-state index is 0.113. The number of rotatable bonds is 9. The van der Waals surface area contributed by atoms with Gasteiger partial charge in [-0.2, -0.15) is 0 Å². The van der Waals surface area contributed by atoms with Crippen LogP contribution in [-0.2, 0) is 19.1 Å². The Balaban J connectivity index is 1.13. The van der Waals surface area contributed by atoms with Crippen LogP contribution in [0.4, 0.5) is 9.59 Å². The number of carbonyl (C=O) groups is 4. The first kappa shape index (κ1) is 36.9. The van der Waals surface area contributed by atoms with Crippen LogP contribution in [-0.4, -0.2) is 93.1 Å². The van der Waals surface area contributed by atoms with E-state index in [1.54, 1.807) is 22.2 Å². The zero-order chi connectivity index (χ0) is 37.6. The van der Waals surface area contributed by atoms with Crippen molar-refractivity contribution in [3.8, 4) is 23.1 Å². The molecule has 53 heavy (non-hydrogen) atoms. The SMILES string of the molecule is CCC(NC(=O)OC)C(=O)N1CCCC1c1ncc(-c2ccc3cc(C#Cc4cnc(C5CCCN5C(=O)C(NC(=O)OC)C(C)C)[nH]4)ccc3c2)[nH]1. The van der Waals surface area contributed by atoms with Crippen LogP contribution < -0.4 is 10.6 Å². The molecule has 4 unspecified atom stereocenters. The Hall–Kier alpha value is -5.84. The fourth-order valence-corrected chi connectivity index (χ4v) is 7.10. The molecule has 4 amide bonds. The van der Waals surface area contributed by atoms with Gasteiger partial charge in [-0.1, -0.05) is 44.9 Å². The van der Waals surface area contributed by atoms with Crippen LogP contribution >= 0.6 is 0 Å². The molecule has 4 atom stereocenters. The molecule has 4 aromatic rings. The zero-order valence-corrected chi connectivity index (χ0v) is 30.7. The third-order valence-electron chi connectivity index (χ3n) is 9.96. The van der Waals surface area contributed by atoms with Crippen molar-refractivity contribution in [2.75, 3.05) is 27.3 Å². The van der Waals surface area contributed by atoms with Crippen LogP contribution in [0.15, 0.2) is 48.8 Å². The van der Waals surface area contributed by atoms with E-state index in [2.05, 4.69) is 48.5 Å². The molecule has 14 nitrogen and oxygen atoms in total. The summed E-state index contributed by atoms with van der Waals surface area (Å²) in [4.78, 5) is 70.0. The van der Waals surface area contributed by atoms with Crippen molar-refractivity contribution < 1.29 is 28.7 Å². The van der Waals surface area contributed by atoms with Gasteiger partial charge in [-0.25, -0.2) is 19.6 Å². The summed E-state index contributed by atoms with van der Waals surface area (Å²) in [6, 6.07) is 10.4. The van der Waals surface area contributed by atoms with E-state index in [0.717, 1.165) is 53.3 Å². The molecular weight excluding hydrogens is 676 g/mol. The topological polar surface area (TPSA) is 175 Å². The van der Waals surface area contributed by atoms with Gasteiger partial charge in [0.25, 0.3) is 0 Å². The van der Waals surface area contributed by atoms with Crippen LogP contribution in [0.1, 0.15) is 87.9 Å². The number of amides is 4. The minimum atomic E-state index is -0.698. The Bertz CT molecular complexity index is 2040. The molecule has 2 aromatic carbocycles. The molecule has 4 N–H and O–H groups in total. The fourth-order valence-electron chi connectivity index (χ4n) is 7.10. The lowest BCUT2D eigenvalue weighted by molar-refractivity contribution is -0.135. The van der Waals surface area contributed by atoms with Crippen molar-refractivity contribution in [1.82, 2.24) is 40.4 Å². The highest BCUT2D eigenvalue weighted by Crippen LogP contribution is 2.34. The summed E-state index contributed by atoms with van der Waals surface area (Å²) in [6.45, 7) is 6.80. The Morgan fingerprint density at radius 3 is 2.13 bits per heavy atom. The van der Waals surface area contributed by atoms with Gasteiger partial charge in [-0.3, -0.25) is 9.59 Å². The summed E-state index contributed by atoms with van der Waals surface area (Å²) < 4.78 is 9.44. The highest BCUT2D eigenvalue weighted by atomic mass is 16.5. The molecule has 4 heterocycles. The number of aromatic amines is 2. The number of hydrogen-bond acceptors (Lipinski definition) is 8. The number of alkyl carbamates (subject to hydrolysis) is 2. The second kappa shape index (κ2) is 16.2. The van der Waals surface area contributed by atoms with Crippen molar-refractivity contribution in [3.63, 3.8) is 0 Å². The maximum atomic E-state index is 13.5. The highest BCUT2D eigenvalue weighted by molar-refractivity contribution is 5.89. The number of nitrogens with one attached hydrogen (secondary N) is 4. The maximum Gasteiger partial charge on any atom is 0.407 e. The van der Waals surface area contributed by atoms with Crippen molar-refractivity contribution in [1.29, 1.82) is 0 Å². The van der Waals surface area contributed by atoms with Gasteiger partial charge < -0.3 is 39.9 Å². The van der Waals surface area contributed by atoms with E-state index in [1.165, 1.54) is 14.2 Å². The Labute approximate surface area is 308 Å². The van der Waals surface area contributed by atoms with Gasteiger partial charge in [-0.15, -0.1) is 0 Å². The molecular formula is C39H46N8O6. The molecule has 2 aliphatic heterocycles. The lowest BCUT2D eigenvalue weighted by Crippen LogP contribution is -2.51. The number of aromatic nitrogens is 4. The molecule has 2 fully saturated rings. The van der Waals surface area contributed by atoms with Crippen LogP contribution in [0.3, 0.4) is 0 Å². The average Bonchev–Trinajstić information content (AvgIpc) is 4.00. The summed E-state index contributed by atoms with van der Waals surface area (Å²) in [5, 5.41) is 7.38. The molecule has 0 spiro atoms. The van der Waals surface area contributed by atoms with Crippen molar-refractivity contribution in [2.24, 2.45) is 5.92 Å². The van der Waals surface area contributed by atoms with Crippen LogP contribution in [0, 0.1) is 17.8 Å². The largest absolute Gasteiger partial charge is 0.453 e. The number of methoxy groups -OCH3 is 2. The van der Waals surface area contributed by atoms with E-state index in [4.69, 9.17) is 9.47 Å². The quantitative estimate of drug-likeness (QED) is 0.171. The van der Waals surface area contributed by atoms with E-state index in [0.29, 0.717) is 36.9 Å². The molecule has 14 heteroatoms. The van der Waals surface area contributed by atoms with Gasteiger partial charge in [0.15, 0.2) is 0 Å². The lowest BCUT2D eigenvalue weighted by Gasteiger charge is -2.29. The summed E-state index contributed by atoms with van der Waals surface area (Å²) in [6.07, 6.45) is 5.89. The van der Waals surface area contributed by atoms with Crippen molar-refractivity contribution >= 4 is 34.8 Å². The summed E-state index contributed by atoms with van der Waals surface area (Å²) in [7, 11) is 2.56. The highest BCUT2D eigenvalue weighted by Gasteiger charge is 2.38. The minimum Gasteiger partial charge on any atom is -0.453 e. The number of hydrogen-bond donors (Lipinski definition) is 4. The molecule has 6 rings (SSSR count). The number of fused-ring (bicyclic) bond motifs is 1. The van der Waals surface area contributed by atoms with Gasteiger partial charge in [0.1, 0.15) is 29.4 Å². The maximum absolute atomic E-state index is 13.5. The van der Waals surface area contributed by atoms with Crippen LogP contribution in [0.25, 0.3) is 22.0 Å². The molecule has 0 aliphatic carbocycles. The number of benzene rings is 2. The number of H-pyrrole nitrogens is 2. The van der Waals surface area contributed by atoms with Crippen LogP contribution in [0.5, 0.6) is 0 Å². The number of imidazole rings is 2. The summed E-state index contributed by atoms with van der Waals surface area (Å²) >= 11 is 0. The summed E-state index contributed by atoms with van der Waals surface area (Å²) in [5.41, 5.74) is 3.30. The fraction of sp³-hybridized carbons (Fsp3) is 0.436.